The summed E-state index contributed by atoms with van der Waals surface area (Å²) in [4.78, 5) is 18.9. The molecule has 0 radical (unpaired) electrons. The van der Waals surface area contributed by atoms with Crippen molar-refractivity contribution in [2.24, 2.45) is 5.92 Å². The van der Waals surface area contributed by atoms with Crippen molar-refractivity contribution < 1.29 is 14.6 Å². The first-order chi connectivity index (χ1) is 10.5. The third-order valence-electron chi connectivity index (χ3n) is 3.08. The molecule has 0 aliphatic rings. The summed E-state index contributed by atoms with van der Waals surface area (Å²) in [7, 11) is 0. The van der Waals surface area contributed by atoms with E-state index in [1.807, 2.05) is 24.3 Å². The Labute approximate surface area is 129 Å². The van der Waals surface area contributed by atoms with E-state index in [4.69, 9.17) is 15.6 Å². The molecule has 2 aromatic rings. The number of hydrogen-bond donors (Lipinski definition) is 2. The zero-order chi connectivity index (χ0) is 16.1. The number of aromatic nitrogens is 2. The Morgan fingerprint density at radius 3 is 2.73 bits per heavy atom. The summed E-state index contributed by atoms with van der Waals surface area (Å²) in [5.74, 6) is -0.0292. The topological polar surface area (TPSA) is 98.3 Å². The maximum absolute atomic E-state index is 11.1. The minimum absolute atomic E-state index is 0.0770. The van der Waals surface area contributed by atoms with Crippen LogP contribution in [0.1, 0.15) is 30.8 Å². The van der Waals surface area contributed by atoms with Crippen molar-refractivity contribution in [3.05, 3.63) is 36.0 Å². The van der Waals surface area contributed by atoms with Gasteiger partial charge in [-0.2, -0.15) is 0 Å². The number of benzene rings is 1. The van der Waals surface area contributed by atoms with Crippen LogP contribution in [0.25, 0.3) is 11.3 Å². The second kappa shape index (κ2) is 6.89. The normalized spacial score (nSPS) is 10.7. The van der Waals surface area contributed by atoms with Crippen LogP contribution in [0.4, 0.5) is 5.95 Å². The number of carboxylic acids is 1. The molecular weight excluding hydrogens is 282 g/mol. The highest BCUT2D eigenvalue weighted by atomic mass is 16.5. The number of carboxylic acid groups (broad SMARTS) is 1. The van der Waals surface area contributed by atoms with Gasteiger partial charge in [0.15, 0.2) is 5.69 Å². The Hall–Kier alpha value is -2.63. The van der Waals surface area contributed by atoms with Crippen molar-refractivity contribution in [3.63, 3.8) is 0 Å². The summed E-state index contributed by atoms with van der Waals surface area (Å²) in [6, 6.07) is 8.73. The molecular formula is C16H19N3O3. The van der Waals surface area contributed by atoms with Gasteiger partial charge < -0.3 is 15.6 Å². The van der Waals surface area contributed by atoms with Crippen LogP contribution in [0.3, 0.4) is 0 Å². The lowest BCUT2D eigenvalue weighted by Gasteiger charge is -2.12. The zero-order valence-electron chi connectivity index (χ0n) is 12.6. The number of hydrogen-bond acceptors (Lipinski definition) is 5. The molecule has 1 aromatic carbocycles. The fourth-order valence-electron chi connectivity index (χ4n) is 1.92. The van der Waals surface area contributed by atoms with E-state index in [0.29, 0.717) is 29.5 Å². The van der Waals surface area contributed by atoms with Crippen LogP contribution in [-0.2, 0) is 0 Å². The van der Waals surface area contributed by atoms with Gasteiger partial charge in [-0.05, 0) is 30.5 Å². The lowest BCUT2D eigenvalue weighted by atomic mass is 10.1. The summed E-state index contributed by atoms with van der Waals surface area (Å²) in [5.41, 5.74) is 6.59. The van der Waals surface area contributed by atoms with Gasteiger partial charge in [-0.15, -0.1) is 0 Å². The van der Waals surface area contributed by atoms with Crippen LogP contribution in [0.5, 0.6) is 5.75 Å². The third-order valence-corrected chi connectivity index (χ3v) is 3.08. The van der Waals surface area contributed by atoms with Crippen molar-refractivity contribution in [1.29, 1.82) is 0 Å². The SMILES string of the molecule is CC(C)CCOc1ccccc1-c1cc(C(=O)O)nc(N)n1. The molecule has 0 spiro atoms. The number of nitrogen functional groups attached to an aromatic ring is 1. The first kappa shape index (κ1) is 15.8. The number of rotatable bonds is 6. The van der Waals surface area contributed by atoms with Gasteiger partial charge in [0, 0.05) is 5.56 Å². The van der Waals surface area contributed by atoms with Gasteiger partial charge in [0.1, 0.15) is 5.75 Å². The molecule has 0 atom stereocenters. The maximum atomic E-state index is 11.1. The molecule has 6 nitrogen and oxygen atoms in total. The fraction of sp³-hybridized carbons (Fsp3) is 0.312. The summed E-state index contributed by atoms with van der Waals surface area (Å²) >= 11 is 0. The number of carbonyl (C=O) groups is 1. The van der Waals surface area contributed by atoms with E-state index >= 15 is 0 Å². The summed E-state index contributed by atoms with van der Waals surface area (Å²) in [5, 5.41) is 9.08. The van der Waals surface area contributed by atoms with Crippen LogP contribution >= 0.6 is 0 Å². The van der Waals surface area contributed by atoms with Gasteiger partial charge in [0.25, 0.3) is 0 Å². The summed E-state index contributed by atoms with van der Waals surface area (Å²) in [6.45, 7) is 4.83. The van der Waals surface area contributed by atoms with E-state index in [0.717, 1.165) is 6.42 Å². The number of anilines is 1. The standard InChI is InChI=1S/C16H19N3O3/c1-10(2)7-8-22-14-6-4-3-5-11(14)12-9-13(15(20)21)19-16(17)18-12/h3-6,9-10H,7-8H2,1-2H3,(H,20,21)(H2,17,18,19). The Balaban J connectivity index is 2.34. The first-order valence-corrected chi connectivity index (χ1v) is 7.07. The minimum Gasteiger partial charge on any atom is -0.493 e. The van der Waals surface area contributed by atoms with Crippen molar-refractivity contribution in [1.82, 2.24) is 9.97 Å². The molecule has 0 bridgehead atoms. The number of para-hydroxylation sites is 1. The molecule has 0 aliphatic heterocycles. The molecule has 3 N–H and O–H groups in total. The molecule has 1 heterocycles. The molecule has 0 saturated carbocycles. The predicted octanol–water partition coefficient (Wildman–Crippen LogP) is 2.85. The zero-order valence-corrected chi connectivity index (χ0v) is 12.6. The predicted molar refractivity (Wildman–Crippen MR) is 83.8 cm³/mol. The van der Waals surface area contributed by atoms with Crippen molar-refractivity contribution >= 4 is 11.9 Å². The Kier molecular flexibility index (Phi) is 4.93. The van der Waals surface area contributed by atoms with Crippen LogP contribution in [0.15, 0.2) is 30.3 Å². The molecule has 1 aromatic heterocycles. The monoisotopic (exact) mass is 301 g/mol. The van der Waals surface area contributed by atoms with Gasteiger partial charge in [-0.3, -0.25) is 0 Å². The Bertz CT molecular complexity index is 671. The Morgan fingerprint density at radius 2 is 2.05 bits per heavy atom. The number of nitrogens with two attached hydrogens (primary N) is 1. The van der Waals surface area contributed by atoms with Crippen molar-refractivity contribution in [3.8, 4) is 17.0 Å². The van der Waals surface area contributed by atoms with Crippen molar-refractivity contribution in [2.75, 3.05) is 12.3 Å². The first-order valence-electron chi connectivity index (χ1n) is 7.07. The van der Waals surface area contributed by atoms with E-state index in [-0.39, 0.29) is 11.6 Å². The van der Waals surface area contributed by atoms with Gasteiger partial charge in [-0.25, -0.2) is 14.8 Å². The quantitative estimate of drug-likeness (QED) is 0.851. The smallest absolute Gasteiger partial charge is 0.354 e. The molecule has 0 fully saturated rings. The second-order valence-corrected chi connectivity index (χ2v) is 5.33. The largest absolute Gasteiger partial charge is 0.493 e. The molecule has 22 heavy (non-hydrogen) atoms. The fourth-order valence-corrected chi connectivity index (χ4v) is 1.92. The van der Waals surface area contributed by atoms with Gasteiger partial charge in [0.2, 0.25) is 5.95 Å². The summed E-state index contributed by atoms with van der Waals surface area (Å²) in [6.07, 6.45) is 0.931. The highest BCUT2D eigenvalue weighted by molar-refractivity contribution is 5.87. The second-order valence-electron chi connectivity index (χ2n) is 5.33. The third kappa shape index (κ3) is 3.94. The van der Waals surface area contributed by atoms with Crippen molar-refractivity contribution in [2.45, 2.75) is 20.3 Å². The molecule has 0 saturated heterocycles. The van der Waals surface area contributed by atoms with Crippen LogP contribution in [0.2, 0.25) is 0 Å². The lowest BCUT2D eigenvalue weighted by molar-refractivity contribution is 0.0690. The van der Waals surface area contributed by atoms with Gasteiger partial charge in [0.05, 0.1) is 12.3 Å². The van der Waals surface area contributed by atoms with Gasteiger partial charge in [-0.1, -0.05) is 26.0 Å². The molecule has 0 unspecified atom stereocenters. The highest BCUT2D eigenvalue weighted by Gasteiger charge is 2.13. The average molecular weight is 301 g/mol. The van der Waals surface area contributed by atoms with Gasteiger partial charge >= 0.3 is 5.97 Å². The Morgan fingerprint density at radius 1 is 1.32 bits per heavy atom. The summed E-state index contributed by atoms with van der Waals surface area (Å²) < 4.78 is 5.79. The lowest BCUT2D eigenvalue weighted by Crippen LogP contribution is -2.07. The van der Waals surface area contributed by atoms with Crippen LogP contribution < -0.4 is 10.5 Å². The number of ether oxygens (including phenoxy) is 1. The molecule has 6 heteroatoms. The molecule has 2 rings (SSSR count). The van der Waals surface area contributed by atoms with E-state index in [9.17, 15) is 4.79 Å². The van der Waals surface area contributed by atoms with E-state index in [2.05, 4.69) is 23.8 Å². The van der Waals surface area contributed by atoms with E-state index in [1.165, 1.54) is 6.07 Å². The highest BCUT2D eigenvalue weighted by Crippen LogP contribution is 2.29. The van der Waals surface area contributed by atoms with E-state index < -0.39 is 5.97 Å². The molecule has 116 valence electrons. The molecule has 0 aliphatic carbocycles. The van der Waals surface area contributed by atoms with Crippen LogP contribution in [0, 0.1) is 5.92 Å². The molecule has 0 amide bonds. The minimum atomic E-state index is -1.14. The van der Waals surface area contributed by atoms with E-state index in [1.54, 1.807) is 0 Å². The number of aromatic carboxylic acids is 1. The number of nitrogens with zero attached hydrogens (tertiary/aromatic N) is 2. The maximum Gasteiger partial charge on any atom is 0.354 e. The average Bonchev–Trinajstić information content (AvgIpc) is 2.46. The van der Waals surface area contributed by atoms with Crippen LogP contribution in [-0.4, -0.2) is 27.7 Å².